The predicted octanol–water partition coefficient (Wildman–Crippen LogP) is 2.20. The van der Waals surface area contributed by atoms with Crippen LogP contribution < -0.4 is 11.2 Å². The van der Waals surface area contributed by atoms with Crippen LogP contribution in [0, 0.1) is 5.92 Å². The van der Waals surface area contributed by atoms with Crippen molar-refractivity contribution in [2.24, 2.45) is 11.0 Å². The minimum Gasteiger partial charge on any atom is -0.447 e. The van der Waals surface area contributed by atoms with Crippen molar-refractivity contribution in [2.45, 2.75) is 32.0 Å². The smallest absolute Gasteiger partial charge is 0.262 e. The average molecular weight is 352 g/mol. The molecule has 0 radical (unpaired) electrons. The fraction of sp³-hybridized carbons (Fsp3) is 0.421. The second-order valence-electron chi connectivity index (χ2n) is 7.44. The lowest BCUT2D eigenvalue weighted by molar-refractivity contribution is 0.0453. The first-order chi connectivity index (χ1) is 12.4. The van der Waals surface area contributed by atoms with Gasteiger partial charge in [-0.3, -0.25) is 5.43 Å². The van der Waals surface area contributed by atoms with Gasteiger partial charge in [-0.25, -0.2) is 9.97 Å². The molecule has 1 aromatic carbocycles. The lowest BCUT2D eigenvalue weighted by Crippen LogP contribution is -2.40. The van der Waals surface area contributed by atoms with Crippen LogP contribution in [0.5, 0.6) is 0 Å². The molecule has 1 unspecified atom stereocenters. The van der Waals surface area contributed by atoms with Crippen molar-refractivity contribution >= 4 is 11.7 Å². The van der Waals surface area contributed by atoms with Gasteiger partial charge in [-0.1, -0.05) is 24.3 Å². The predicted molar refractivity (Wildman–Crippen MR) is 101 cm³/mol. The number of ether oxygens (including phenoxy) is 1. The van der Waals surface area contributed by atoms with Crippen LogP contribution in [0.2, 0.25) is 0 Å². The van der Waals surface area contributed by atoms with E-state index in [2.05, 4.69) is 51.6 Å². The van der Waals surface area contributed by atoms with Gasteiger partial charge in [-0.05, 0) is 39.4 Å². The molecule has 1 saturated carbocycles. The first kappa shape index (κ1) is 16.8. The average Bonchev–Trinajstić information content (AvgIpc) is 3.40. The molecule has 7 nitrogen and oxygen atoms in total. The molecule has 2 heterocycles. The van der Waals surface area contributed by atoms with E-state index in [9.17, 15) is 0 Å². The standard InChI is InChI=1S/C19H24N6O/c1-19(14-8-9-14)24-23-18(26-19)16-17(20)21-10-15(22-16)13-6-4-12(5-7-13)11-25(2)3/h4-7,10,14,24H,8-9,11H2,1-3H3,(H2,20,21). The zero-order valence-corrected chi connectivity index (χ0v) is 15.4. The maximum Gasteiger partial charge on any atom is 0.262 e. The minimum absolute atomic E-state index is 0.318. The van der Waals surface area contributed by atoms with Crippen molar-refractivity contribution in [1.29, 1.82) is 0 Å². The van der Waals surface area contributed by atoms with Crippen LogP contribution in [-0.2, 0) is 11.3 Å². The molecule has 0 bridgehead atoms. The van der Waals surface area contributed by atoms with Crippen molar-refractivity contribution in [2.75, 3.05) is 19.8 Å². The highest BCUT2D eigenvalue weighted by atomic mass is 16.5. The molecule has 7 heteroatoms. The Labute approximate surface area is 153 Å². The molecular weight excluding hydrogens is 328 g/mol. The van der Waals surface area contributed by atoms with Crippen LogP contribution >= 0.6 is 0 Å². The van der Waals surface area contributed by atoms with Gasteiger partial charge in [0.25, 0.3) is 5.90 Å². The Morgan fingerprint density at radius 3 is 2.65 bits per heavy atom. The summed E-state index contributed by atoms with van der Waals surface area (Å²) in [5.41, 5.74) is 12.1. The van der Waals surface area contributed by atoms with E-state index in [4.69, 9.17) is 10.5 Å². The minimum atomic E-state index is -0.465. The highest BCUT2D eigenvalue weighted by Crippen LogP contribution is 2.42. The van der Waals surface area contributed by atoms with Gasteiger partial charge in [0.05, 0.1) is 11.9 Å². The summed E-state index contributed by atoms with van der Waals surface area (Å²) in [7, 11) is 4.11. The molecule has 1 atom stereocenters. The van der Waals surface area contributed by atoms with Crippen molar-refractivity contribution in [3.8, 4) is 11.3 Å². The molecule has 0 amide bonds. The highest BCUT2D eigenvalue weighted by Gasteiger charge is 2.47. The molecule has 26 heavy (non-hydrogen) atoms. The second-order valence-corrected chi connectivity index (χ2v) is 7.44. The highest BCUT2D eigenvalue weighted by molar-refractivity contribution is 5.97. The van der Waals surface area contributed by atoms with Gasteiger partial charge in [0.2, 0.25) is 0 Å². The Hall–Kier alpha value is -2.67. The van der Waals surface area contributed by atoms with E-state index in [1.54, 1.807) is 6.20 Å². The summed E-state index contributed by atoms with van der Waals surface area (Å²) in [6.07, 6.45) is 3.97. The maximum atomic E-state index is 6.04. The van der Waals surface area contributed by atoms with Crippen molar-refractivity contribution in [3.63, 3.8) is 0 Å². The number of nitrogens with zero attached hydrogens (tertiary/aromatic N) is 4. The summed E-state index contributed by atoms with van der Waals surface area (Å²) in [6, 6.07) is 8.30. The van der Waals surface area contributed by atoms with E-state index >= 15 is 0 Å². The lowest BCUT2D eigenvalue weighted by Gasteiger charge is -2.23. The van der Waals surface area contributed by atoms with Crippen LogP contribution in [0.4, 0.5) is 5.82 Å². The van der Waals surface area contributed by atoms with Gasteiger partial charge in [0.15, 0.2) is 17.2 Å². The number of hydrogen-bond donors (Lipinski definition) is 2. The third kappa shape index (κ3) is 3.22. The van der Waals surface area contributed by atoms with Gasteiger partial charge < -0.3 is 15.4 Å². The molecule has 4 rings (SSSR count). The zero-order chi connectivity index (χ0) is 18.3. The fourth-order valence-corrected chi connectivity index (χ4v) is 3.16. The Balaban J connectivity index is 1.58. The monoisotopic (exact) mass is 352 g/mol. The lowest BCUT2D eigenvalue weighted by atomic mass is 10.1. The largest absolute Gasteiger partial charge is 0.447 e. The van der Waals surface area contributed by atoms with Gasteiger partial charge >= 0.3 is 0 Å². The summed E-state index contributed by atoms with van der Waals surface area (Å²) in [4.78, 5) is 11.1. The molecule has 2 aromatic rings. The van der Waals surface area contributed by atoms with Crippen LogP contribution in [0.1, 0.15) is 31.0 Å². The van der Waals surface area contributed by atoms with Crippen molar-refractivity contribution in [1.82, 2.24) is 20.3 Å². The molecule has 1 aliphatic heterocycles. The second kappa shape index (κ2) is 6.25. The molecule has 0 spiro atoms. The van der Waals surface area contributed by atoms with Crippen LogP contribution in [0.3, 0.4) is 0 Å². The molecular formula is C19H24N6O. The Morgan fingerprint density at radius 1 is 1.27 bits per heavy atom. The first-order valence-electron chi connectivity index (χ1n) is 8.85. The Morgan fingerprint density at radius 2 is 2.00 bits per heavy atom. The summed E-state index contributed by atoms with van der Waals surface area (Å²) in [6.45, 7) is 2.91. The Bertz CT molecular complexity index is 844. The summed E-state index contributed by atoms with van der Waals surface area (Å²) in [5.74, 6) is 1.21. The normalized spacial score (nSPS) is 22.1. The zero-order valence-electron chi connectivity index (χ0n) is 15.4. The molecule has 1 aromatic heterocycles. The molecule has 1 fully saturated rings. The van der Waals surface area contributed by atoms with E-state index in [0.29, 0.717) is 23.3 Å². The number of hydrazone groups is 1. The number of benzene rings is 1. The van der Waals surface area contributed by atoms with E-state index < -0.39 is 5.72 Å². The number of nitrogens with two attached hydrogens (primary N) is 1. The quantitative estimate of drug-likeness (QED) is 0.857. The van der Waals surface area contributed by atoms with Crippen LogP contribution in [0.15, 0.2) is 35.6 Å². The SMILES string of the molecule is CN(C)Cc1ccc(-c2cnc(N)c(C3=NNC(C)(C4CC4)O3)n2)cc1. The van der Waals surface area contributed by atoms with Gasteiger partial charge in [-0.15, -0.1) is 5.10 Å². The van der Waals surface area contributed by atoms with E-state index in [1.165, 1.54) is 5.56 Å². The topological polar surface area (TPSA) is 88.7 Å². The van der Waals surface area contributed by atoms with Gasteiger partial charge in [-0.2, -0.15) is 0 Å². The summed E-state index contributed by atoms with van der Waals surface area (Å²) >= 11 is 0. The fourth-order valence-electron chi connectivity index (χ4n) is 3.16. The molecule has 2 aliphatic rings. The number of nitrogens with one attached hydrogen (secondary N) is 1. The maximum absolute atomic E-state index is 6.04. The van der Waals surface area contributed by atoms with Gasteiger partial charge in [0.1, 0.15) is 0 Å². The summed E-state index contributed by atoms with van der Waals surface area (Å²) < 4.78 is 6.04. The van der Waals surface area contributed by atoms with Crippen LogP contribution in [-0.4, -0.2) is 40.6 Å². The molecule has 136 valence electrons. The van der Waals surface area contributed by atoms with E-state index in [-0.39, 0.29) is 0 Å². The first-order valence-corrected chi connectivity index (χ1v) is 8.85. The van der Waals surface area contributed by atoms with Crippen LogP contribution in [0.25, 0.3) is 11.3 Å². The molecule has 3 N–H and O–H groups in total. The number of rotatable bonds is 5. The number of nitrogen functional groups attached to an aromatic ring is 1. The van der Waals surface area contributed by atoms with Crippen molar-refractivity contribution in [3.05, 3.63) is 41.7 Å². The molecule has 1 aliphatic carbocycles. The van der Waals surface area contributed by atoms with Gasteiger partial charge in [0, 0.05) is 18.0 Å². The third-order valence-corrected chi connectivity index (χ3v) is 4.80. The number of aromatic nitrogens is 2. The van der Waals surface area contributed by atoms with Crippen molar-refractivity contribution < 1.29 is 4.74 Å². The van der Waals surface area contributed by atoms with E-state index in [1.807, 2.05) is 19.1 Å². The van der Waals surface area contributed by atoms with E-state index in [0.717, 1.165) is 30.6 Å². The number of hydrogen-bond acceptors (Lipinski definition) is 7. The number of anilines is 1. The third-order valence-electron chi connectivity index (χ3n) is 4.80. The molecule has 0 saturated heterocycles. The summed E-state index contributed by atoms with van der Waals surface area (Å²) in [5, 5.41) is 4.32. The Kier molecular flexibility index (Phi) is 4.03.